The molecule has 1 atom stereocenters. The number of rotatable bonds is 6. The molecule has 0 bridgehead atoms. The number of carbonyl (C=O) groups excluding carboxylic acids is 2. The fraction of sp³-hybridized carbons (Fsp3) is 0.158. The SMILES string of the molecule is COc1c(Cl)cc(/C=N\N=C2/NC(=O)[C@H](CC(=O)Nc3ccccc3)S2)cc1Cl. The van der Waals surface area contributed by atoms with Crippen LogP contribution in [0.5, 0.6) is 5.75 Å². The number of amides is 2. The molecule has 0 spiro atoms. The molecule has 2 N–H and O–H groups in total. The topological polar surface area (TPSA) is 92.2 Å². The number of nitrogens with one attached hydrogen (secondary N) is 2. The Morgan fingerprint density at radius 1 is 1.28 bits per heavy atom. The normalized spacial score (nSPS) is 17.6. The first kappa shape index (κ1) is 21.2. The van der Waals surface area contributed by atoms with Crippen molar-refractivity contribution in [3.63, 3.8) is 0 Å². The van der Waals surface area contributed by atoms with E-state index in [0.717, 1.165) is 11.8 Å². The summed E-state index contributed by atoms with van der Waals surface area (Å²) in [6, 6.07) is 12.3. The lowest BCUT2D eigenvalue weighted by Crippen LogP contribution is -2.28. The van der Waals surface area contributed by atoms with E-state index in [9.17, 15) is 9.59 Å². The minimum absolute atomic E-state index is 0.0256. The largest absolute Gasteiger partial charge is 0.494 e. The Morgan fingerprint density at radius 2 is 1.97 bits per heavy atom. The number of para-hydroxylation sites is 1. The molecule has 2 aromatic rings. The number of methoxy groups -OCH3 is 1. The van der Waals surface area contributed by atoms with Crippen LogP contribution in [0.3, 0.4) is 0 Å². The van der Waals surface area contributed by atoms with Crippen molar-refractivity contribution in [1.29, 1.82) is 0 Å². The number of carbonyl (C=O) groups is 2. The summed E-state index contributed by atoms with van der Waals surface area (Å²) in [6.45, 7) is 0. The molecule has 3 rings (SSSR count). The van der Waals surface area contributed by atoms with Gasteiger partial charge in [0.1, 0.15) is 5.25 Å². The highest BCUT2D eigenvalue weighted by molar-refractivity contribution is 8.15. The zero-order valence-electron chi connectivity index (χ0n) is 15.2. The van der Waals surface area contributed by atoms with Gasteiger partial charge in [0.05, 0.1) is 23.4 Å². The Labute approximate surface area is 181 Å². The molecule has 10 heteroatoms. The van der Waals surface area contributed by atoms with Gasteiger partial charge in [-0.3, -0.25) is 9.59 Å². The molecule has 0 unspecified atom stereocenters. The van der Waals surface area contributed by atoms with E-state index in [4.69, 9.17) is 27.9 Å². The minimum Gasteiger partial charge on any atom is -0.494 e. The summed E-state index contributed by atoms with van der Waals surface area (Å²) in [6.07, 6.45) is 1.48. The van der Waals surface area contributed by atoms with Crippen LogP contribution in [0.25, 0.3) is 0 Å². The van der Waals surface area contributed by atoms with Crippen molar-refractivity contribution in [2.45, 2.75) is 11.7 Å². The average Bonchev–Trinajstić information content (AvgIpc) is 3.01. The number of nitrogens with zero attached hydrogens (tertiary/aromatic N) is 2. The van der Waals surface area contributed by atoms with Crippen LogP contribution in [0.4, 0.5) is 5.69 Å². The lowest BCUT2D eigenvalue weighted by Gasteiger charge is -2.06. The Morgan fingerprint density at radius 3 is 2.62 bits per heavy atom. The van der Waals surface area contributed by atoms with Gasteiger partial charge in [-0.1, -0.05) is 53.2 Å². The van der Waals surface area contributed by atoms with Crippen LogP contribution in [0.1, 0.15) is 12.0 Å². The average molecular weight is 451 g/mol. The number of hydrogen-bond acceptors (Lipinski definition) is 6. The van der Waals surface area contributed by atoms with Crippen molar-refractivity contribution in [2.24, 2.45) is 10.2 Å². The van der Waals surface area contributed by atoms with Crippen molar-refractivity contribution in [2.75, 3.05) is 12.4 Å². The maximum atomic E-state index is 12.1. The summed E-state index contributed by atoms with van der Waals surface area (Å²) >= 11 is 13.3. The standard InChI is InChI=1S/C19H16Cl2N4O3S/c1-28-17-13(20)7-11(8-14(17)21)10-22-25-19-24-18(27)15(29-19)9-16(26)23-12-5-3-2-4-6-12/h2-8,10,15H,9H2,1H3,(H,23,26)(H,24,25,27)/b22-10-/t15-/m0/s1. The number of benzene rings is 2. The number of anilines is 1. The highest BCUT2D eigenvalue weighted by Gasteiger charge is 2.32. The van der Waals surface area contributed by atoms with E-state index in [2.05, 4.69) is 20.8 Å². The molecule has 2 amide bonds. The van der Waals surface area contributed by atoms with E-state index in [-0.39, 0.29) is 18.2 Å². The van der Waals surface area contributed by atoms with E-state index in [0.29, 0.717) is 32.2 Å². The van der Waals surface area contributed by atoms with Gasteiger partial charge in [-0.2, -0.15) is 5.10 Å². The van der Waals surface area contributed by atoms with Crippen LogP contribution in [0, 0.1) is 0 Å². The second-order valence-electron chi connectivity index (χ2n) is 5.88. The Bertz CT molecular complexity index is 960. The predicted octanol–water partition coefficient (Wildman–Crippen LogP) is 3.95. The molecule has 7 nitrogen and oxygen atoms in total. The number of halogens is 2. The van der Waals surface area contributed by atoms with Gasteiger partial charge in [0.25, 0.3) is 0 Å². The van der Waals surface area contributed by atoms with Crippen molar-refractivity contribution >= 4 is 63.8 Å². The van der Waals surface area contributed by atoms with Crippen LogP contribution >= 0.6 is 35.0 Å². The molecule has 150 valence electrons. The summed E-state index contributed by atoms with van der Waals surface area (Å²) in [5, 5.41) is 13.7. The number of amidine groups is 1. The first-order valence-electron chi connectivity index (χ1n) is 8.42. The van der Waals surface area contributed by atoms with Gasteiger partial charge < -0.3 is 15.4 Å². The van der Waals surface area contributed by atoms with Crippen LogP contribution in [0.2, 0.25) is 10.0 Å². The summed E-state index contributed by atoms with van der Waals surface area (Å²) in [7, 11) is 1.48. The molecule has 0 aromatic heterocycles. The summed E-state index contributed by atoms with van der Waals surface area (Å²) < 4.78 is 5.09. The smallest absolute Gasteiger partial charge is 0.240 e. The quantitative estimate of drug-likeness (QED) is 0.514. The molecule has 1 fully saturated rings. The summed E-state index contributed by atoms with van der Waals surface area (Å²) in [4.78, 5) is 24.2. The molecule has 29 heavy (non-hydrogen) atoms. The molecule has 1 heterocycles. The molecule has 1 aliphatic heterocycles. The fourth-order valence-electron chi connectivity index (χ4n) is 2.49. The van der Waals surface area contributed by atoms with Crippen molar-refractivity contribution < 1.29 is 14.3 Å². The Balaban J connectivity index is 1.59. The van der Waals surface area contributed by atoms with E-state index >= 15 is 0 Å². The van der Waals surface area contributed by atoms with Crippen molar-refractivity contribution in [3.8, 4) is 5.75 Å². The number of hydrogen-bond donors (Lipinski definition) is 2. The van der Waals surface area contributed by atoms with E-state index < -0.39 is 5.25 Å². The molecule has 0 saturated carbocycles. The lowest BCUT2D eigenvalue weighted by atomic mass is 10.2. The van der Waals surface area contributed by atoms with Crippen LogP contribution < -0.4 is 15.4 Å². The van der Waals surface area contributed by atoms with Crippen molar-refractivity contribution in [3.05, 3.63) is 58.1 Å². The van der Waals surface area contributed by atoms with Crippen molar-refractivity contribution in [1.82, 2.24) is 5.32 Å². The molecule has 0 radical (unpaired) electrons. The van der Waals surface area contributed by atoms with Gasteiger partial charge in [-0.05, 0) is 29.8 Å². The summed E-state index contributed by atoms with van der Waals surface area (Å²) in [5.74, 6) is -0.161. The molecule has 1 saturated heterocycles. The second kappa shape index (κ2) is 9.78. The highest BCUT2D eigenvalue weighted by atomic mass is 35.5. The molecular weight excluding hydrogens is 435 g/mol. The van der Waals surface area contributed by atoms with E-state index in [1.165, 1.54) is 13.3 Å². The van der Waals surface area contributed by atoms with E-state index in [1.54, 1.807) is 24.3 Å². The minimum atomic E-state index is -0.572. The molecule has 0 aliphatic carbocycles. The zero-order chi connectivity index (χ0) is 20.8. The molecule has 2 aromatic carbocycles. The fourth-order valence-corrected chi connectivity index (χ4v) is 4.07. The summed E-state index contributed by atoms with van der Waals surface area (Å²) in [5.41, 5.74) is 1.30. The van der Waals surface area contributed by atoms with Gasteiger partial charge in [0.2, 0.25) is 11.8 Å². The number of thioether (sulfide) groups is 1. The Hall–Kier alpha value is -2.55. The van der Waals surface area contributed by atoms with Crippen LogP contribution in [-0.2, 0) is 9.59 Å². The van der Waals surface area contributed by atoms with Gasteiger partial charge in [-0.15, -0.1) is 5.10 Å². The maximum Gasteiger partial charge on any atom is 0.240 e. The van der Waals surface area contributed by atoms with Gasteiger partial charge in [0, 0.05) is 12.1 Å². The first-order valence-corrected chi connectivity index (χ1v) is 10.1. The van der Waals surface area contributed by atoms with E-state index in [1.807, 2.05) is 18.2 Å². The third kappa shape index (κ3) is 5.72. The third-order valence-corrected chi connectivity index (χ3v) is 5.42. The second-order valence-corrected chi connectivity index (χ2v) is 7.89. The van der Waals surface area contributed by atoms with Crippen LogP contribution in [-0.4, -0.2) is 35.6 Å². The molecule has 1 aliphatic rings. The van der Waals surface area contributed by atoms with Gasteiger partial charge in [0.15, 0.2) is 10.9 Å². The monoisotopic (exact) mass is 450 g/mol. The Kier molecular flexibility index (Phi) is 7.13. The number of ether oxygens (including phenoxy) is 1. The lowest BCUT2D eigenvalue weighted by molar-refractivity contribution is -0.122. The molecular formula is C19H16Cl2N4O3S. The highest BCUT2D eigenvalue weighted by Crippen LogP contribution is 2.33. The first-order chi connectivity index (χ1) is 14.0. The maximum absolute atomic E-state index is 12.1. The third-order valence-electron chi connectivity index (χ3n) is 3.78. The van der Waals surface area contributed by atoms with Gasteiger partial charge in [-0.25, -0.2) is 0 Å². The van der Waals surface area contributed by atoms with Gasteiger partial charge >= 0.3 is 0 Å². The zero-order valence-corrected chi connectivity index (χ0v) is 17.5. The predicted molar refractivity (Wildman–Crippen MR) is 117 cm³/mol. The van der Waals surface area contributed by atoms with Crippen LogP contribution in [0.15, 0.2) is 52.7 Å².